The Labute approximate surface area is 198 Å². The van der Waals surface area contributed by atoms with Gasteiger partial charge in [0, 0.05) is 19.0 Å². The third kappa shape index (κ3) is 4.92. The number of hydrogen-bond acceptors (Lipinski definition) is 7. The maximum Gasteiger partial charge on any atom is 0.248 e. The van der Waals surface area contributed by atoms with Crippen LogP contribution in [0.15, 0.2) is 50.4 Å². The molecule has 1 aliphatic heterocycles. The van der Waals surface area contributed by atoms with Gasteiger partial charge in [0.25, 0.3) is 0 Å². The van der Waals surface area contributed by atoms with Gasteiger partial charge < -0.3 is 19.0 Å². The maximum absolute atomic E-state index is 13.4. The highest BCUT2D eigenvalue weighted by molar-refractivity contribution is 7.89. The van der Waals surface area contributed by atoms with E-state index in [1.807, 2.05) is 19.1 Å². The highest BCUT2D eigenvalue weighted by Crippen LogP contribution is 2.31. The molecule has 3 heterocycles. The number of benzene rings is 1. The number of furan rings is 1. The Morgan fingerprint density at radius 2 is 1.97 bits per heavy atom. The van der Waals surface area contributed by atoms with Crippen LogP contribution in [0.2, 0.25) is 0 Å². The summed E-state index contributed by atoms with van der Waals surface area (Å²) < 4.78 is 44.0. The van der Waals surface area contributed by atoms with Crippen molar-refractivity contribution in [1.82, 2.24) is 9.46 Å². The molecule has 2 aromatic heterocycles. The first-order valence-corrected chi connectivity index (χ1v) is 12.4. The zero-order valence-electron chi connectivity index (χ0n) is 19.3. The van der Waals surface area contributed by atoms with Gasteiger partial charge in [0.1, 0.15) is 17.2 Å². The SMILES string of the molecule is COc1ccc(C)cc1NC(=O)C1CCN(S(=O)(=O)c2c(C)noc2/C=C/c2ccco2)CC1. The van der Waals surface area contributed by atoms with E-state index in [1.165, 1.54) is 16.6 Å². The number of aromatic nitrogens is 1. The van der Waals surface area contributed by atoms with E-state index in [1.54, 1.807) is 38.3 Å². The molecule has 0 bridgehead atoms. The van der Waals surface area contributed by atoms with Gasteiger partial charge in [0.2, 0.25) is 15.9 Å². The average molecular weight is 486 g/mol. The number of aryl methyl sites for hydroxylation is 2. The zero-order valence-corrected chi connectivity index (χ0v) is 20.1. The van der Waals surface area contributed by atoms with Crippen LogP contribution in [0.1, 0.15) is 35.6 Å². The molecule has 4 rings (SSSR count). The van der Waals surface area contributed by atoms with Crippen LogP contribution in [0.3, 0.4) is 0 Å². The minimum Gasteiger partial charge on any atom is -0.495 e. The second kappa shape index (κ2) is 9.86. The van der Waals surface area contributed by atoms with Crippen molar-refractivity contribution in [1.29, 1.82) is 0 Å². The first-order chi connectivity index (χ1) is 16.3. The summed E-state index contributed by atoms with van der Waals surface area (Å²) in [5, 5.41) is 6.78. The monoisotopic (exact) mass is 485 g/mol. The minimum absolute atomic E-state index is 0.0303. The first-order valence-electron chi connectivity index (χ1n) is 10.9. The van der Waals surface area contributed by atoms with Crippen molar-refractivity contribution in [2.75, 3.05) is 25.5 Å². The highest BCUT2D eigenvalue weighted by Gasteiger charge is 2.36. The van der Waals surface area contributed by atoms with Crippen molar-refractivity contribution < 1.29 is 26.9 Å². The molecule has 1 fully saturated rings. The molecule has 9 nitrogen and oxygen atoms in total. The lowest BCUT2D eigenvalue weighted by Crippen LogP contribution is -2.41. The summed E-state index contributed by atoms with van der Waals surface area (Å²) in [4.78, 5) is 12.9. The number of hydrogen-bond donors (Lipinski definition) is 1. The van der Waals surface area contributed by atoms with Crippen LogP contribution in [-0.4, -0.2) is 44.0 Å². The van der Waals surface area contributed by atoms with E-state index in [2.05, 4.69) is 10.5 Å². The van der Waals surface area contributed by atoms with Gasteiger partial charge in [0.05, 0.1) is 19.1 Å². The smallest absolute Gasteiger partial charge is 0.248 e. The third-order valence-electron chi connectivity index (χ3n) is 5.81. The van der Waals surface area contributed by atoms with E-state index in [-0.39, 0.29) is 41.3 Å². The third-order valence-corrected chi connectivity index (χ3v) is 7.87. The quantitative estimate of drug-likeness (QED) is 0.536. The molecule has 0 aliphatic carbocycles. The number of carbonyl (C=O) groups excluding carboxylic acids is 1. The number of anilines is 1. The Morgan fingerprint density at radius 3 is 2.65 bits per heavy atom. The van der Waals surface area contributed by atoms with E-state index in [4.69, 9.17) is 13.7 Å². The van der Waals surface area contributed by atoms with Crippen LogP contribution in [-0.2, 0) is 14.8 Å². The number of carbonyl (C=O) groups is 1. The van der Waals surface area contributed by atoms with Gasteiger partial charge >= 0.3 is 0 Å². The van der Waals surface area contributed by atoms with Gasteiger partial charge in [-0.05, 0) is 68.7 Å². The number of sulfonamides is 1. The molecule has 1 aliphatic rings. The Bertz CT molecular complexity index is 1290. The molecule has 0 saturated carbocycles. The van der Waals surface area contributed by atoms with Crippen molar-refractivity contribution in [3.63, 3.8) is 0 Å². The summed E-state index contributed by atoms with van der Waals surface area (Å²) in [6.07, 6.45) is 5.48. The van der Waals surface area contributed by atoms with Crippen LogP contribution in [0.25, 0.3) is 12.2 Å². The largest absolute Gasteiger partial charge is 0.495 e. The van der Waals surface area contributed by atoms with Crippen molar-refractivity contribution >= 4 is 33.8 Å². The van der Waals surface area contributed by atoms with Gasteiger partial charge in [-0.15, -0.1) is 0 Å². The van der Waals surface area contributed by atoms with E-state index in [0.717, 1.165) is 5.56 Å². The van der Waals surface area contributed by atoms with E-state index in [9.17, 15) is 13.2 Å². The molecule has 1 aromatic carbocycles. The van der Waals surface area contributed by atoms with Crippen LogP contribution < -0.4 is 10.1 Å². The van der Waals surface area contributed by atoms with Crippen molar-refractivity contribution in [2.24, 2.45) is 5.92 Å². The molecule has 10 heteroatoms. The molecule has 1 amide bonds. The lowest BCUT2D eigenvalue weighted by molar-refractivity contribution is -0.120. The topological polar surface area (TPSA) is 115 Å². The van der Waals surface area contributed by atoms with Gasteiger partial charge in [-0.1, -0.05) is 11.2 Å². The predicted molar refractivity (Wildman–Crippen MR) is 127 cm³/mol. The number of nitrogens with one attached hydrogen (secondary N) is 1. The number of ether oxygens (including phenoxy) is 1. The first kappa shape index (κ1) is 23.8. The molecule has 0 unspecified atom stereocenters. The lowest BCUT2D eigenvalue weighted by Gasteiger charge is -2.30. The summed E-state index contributed by atoms with van der Waals surface area (Å²) >= 11 is 0. The Balaban J connectivity index is 1.45. The molecule has 180 valence electrons. The Hall–Kier alpha value is -3.37. The fraction of sp³-hybridized carbons (Fsp3) is 0.333. The second-order valence-electron chi connectivity index (χ2n) is 8.18. The fourth-order valence-corrected chi connectivity index (χ4v) is 5.70. The molecular weight excluding hydrogens is 458 g/mol. The molecule has 3 aromatic rings. The maximum atomic E-state index is 13.4. The van der Waals surface area contributed by atoms with Gasteiger partial charge in [-0.25, -0.2) is 8.42 Å². The Kier molecular flexibility index (Phi) is 6.90. The van der Waals surface area contributed by atoms with E-state index >= 15 is 0 Å². The van der Waals surface area contributed by atoms with E-state index < -0.39 is 10.0 Å². The molecule has 0 radical (unpaired) electrons. The van der Waals surface area contributed by atoms with Crippen LogP contribution in [0.5, 0.6) is 5.75 Å². The highest BCUT2D eigenvalue weighted by atomic mass is 32.2. The fourth-order valence-electron chi connectivity index (χ4n) is 3.98. The number of amides is 1. The van der Waals surface area contributed by atoms with Gasteiger partial charge in [0.15, 0.2) is 10.7 Å². The van der Waals surface area contributed by atoms with Gasteiger partial charge in [-0.2, -0.15) is 4.31 Å². The summed E-state index contributed by atoms with van der Waals surface area (Å²) in [5.74, 6) is 0.828. The lowest BCUT2D eigenvalue weighted by atomic mass is 9.97. The summed E-state index contributed by atoms with van der Waals surface area (Å²) in [5.41, 5.74) is 1.89. The summed E-state index contributed by atoms with van der Waals surface area (Å²) in [6.45, 7) is 3.97. The molecule has 0 atom stereocenters. The zero-order chi connectivity index (χ0) is 24.3. The van der Waals surface area contributed by atoms with Crippen LogP contribution in [0, 0.1) is 19.8 Å². The molecule has 0 spiro atoms. The van der Waals surface area contributed by atoms with Crippen molar-refractivity contribution in [2.45, 2.75) is 31.6 Å². The number of rotatable bonds is 7. The minimum atomic E-state index is -3.85. The van der Waals surface area contributed by atoms with Gasteiger partial charge in [-0.3, -0.25) is 4.79 Å². The van der Waals surface area contributed by atoms with E-state index in [0.29, 0.717) is 30.0 Å². The number of piperidine rings is 1. The molecule has 34 heavy (non-hydrogen) atoms. The average Bonchev–Trinajstić information content (AvgIpc) is 3.47. The van der Waals surface area contributed by atoms with Crippen molar-refractivity contribution in [3.05, 3.63) is 59.4 Å². The number of methoxy groups -OCH3 is 1. The Morgan fingerprint density at radius 1 is 1.21 bits per heavy atom. The van der Waals surface area contributed by atoms with Crippen LogP contribution in [0.4, 0.5) is 5.69 Å². The normalized spacial score (nSPS) is 15.6. The predicted octanol–water partition coefficient (Wildman–Crippen LogP) is 4.10. The summed E-state index contributed by atoms with van der Waals surface area (Å²) in [7, 11) is -2.30. The molecule has 1 N–H and O–H groups in total. The standard InChI is InChI=1S/C24H27N3O6S/c1-16-6-8-21(31-3)20(15-16)25-24(28)18-10-12-27(13-11-18)34(29,30)23-17(2)26-33-22(23)9-7-19-5-4-14-32-19/h4-9,14-15,18H,10-13H2,1-3H3,(H,25,28)/b9-7+. The second-order valence-corrected chi connectivity index (χ2v) is 10.1. The van der Waals surface area contributed by atoms with Crippen LogP contribution >= 0.6 is 0 Å². The van der Waals surface area contributed by atoms with Crippen molar-refractivity contribution in [3.8, 4) is 5.75 Å². The molecular formula is C24H27N3O6S. The molecule has 1 saturated heterocycles. The number of nitrogens with zero attached hydrogens (tertiary/aromatic N) is 2. The summed E-state index contributed by atoms with van der Waals surface area (Å²) in [6, 6.07) is 9.04.